The van der Waals surface area contributed by atoms with Crippen LogP contribution in [-0.4, -0.2) is 40.9 Å². The van der Waals surface area contributed by atoms with Gasteiger partial charge in [0, 0.05) is 12.7 Å². The Morgan fingerprint density at radius 2 is 2.06 bits per heavy atom. The second kappa shape index (κ2) is 5.58. The number of hydrogen-bond donors (Lipinski definition) is 1. The molecule has 1 N–H and O–H groups in total. The van der Waals surface area contributed by atoms with E-state index in [2.05, 4.69) is 4.98 Å². The van der Waals surface area contributed by atoms with Gasteiger partial charge in [0.15, 0.2) is 5.78 Å². The maximum atomic E-state index is 11.8. The molecule has 17 heavy (non-hydrogen) atoms. The zero-order valence-corrected chi connectivity index (χ0v) is 10.3. The topological polar surface area (TPSA) is 75.2 Å². The molecule has 0 saturated carbocycles. The fourth-order valence-corrected chi connectivity index (χ4v) is 1.51. The fraction of sp³-hybridized carbons (Fsp3) is 0.545. The molecule has 0 radical (unpaired) electrons. The van der Waals surface area contributed by atoms with Gasteiger partial charge in [-0.25, -0.2) is 4.79 Å². The first kappa shape index (κ1) is 13.4. The molecule has 6 nitrogen and oxygen atoms in total. The molecule has 0 fully saturated rings. The van der Waals surface area contributed by atoms with Gasteiger partial charge in [0.25, 0.3) is 5.56 Å². The number of aromatic amines is 1. The summed E-state index contributed by atoms with van der Waals surface area (Å²) in [6.45, 7) is 2.39. The smallest absolute Gasteiger partial charge is 0.313 e. The highest BCUT2D eigenvalue weighted by Crippen LogP contribution is 1.90. The number of aromatic nitrogens is 2. The van der Waals surface area contributed by atoms with Gasteiger partial charge < -0.3 is 9.88 Å². The number of H-pyrrole nitrogens is 1. The van der Waals surface area contributed by atoms with Crippen molar-refractivity contribution in [3.8, 4) is 0 Å². The van der Waals surface area contributed by atoms with Gasteiger partial charge in [0.2, 0.25) is 0 Å². The SMILES string of the molecule is CC(=O)c1c[nH]c(=O)n(CCCN(C)C)c1=O. The lowest BCUT2D eigenvalue weighted by molar-refractivity contribution is 0.101. The lowest BCUT2D eigenvalue weighted by Gasteiger charge is -2.10. The largest absolute Gasteiger partial charge is 0.328 e. The summed E-state index contributed by atoms with van der Waals surface area (Å²) in [5.41, 5.74) is -0.965. The molecular formula is C11H17N3O3. The summed E-state index contributed by atoms with van der Waals surface area (Å²) in [5, 5.41) is 0. The quantitative estimate of drug-likeness (QED) is 0.715. The van der Waals surface area contributed by atoms with Crippen LogP contribution in [0.15, 0.2) is 15.8 Å². The summed E-state index contributed by atoms with van der Waals surface area (Å²) in [6.07, 6.45) is 1.85. The molecule has 0 aromatic carbocycles. The third kappa shape index (κ3) is 3.39. The molecule has 1 rings (SSSR count). The zero-order chi connectivity index (χ0) is 13.0. The number of ketones is 1. The van der Waals surface area contributed by atoms with Gasteiger partial charge in [-0.1, -0.05) is 0 Å². The van der Waals surface area contributed by atoms with Crippen molar-refractivity contribution in [3.05, 3.63) is 32.6 Å². The van der Waals surface area contributed by atoms with Crippen LogP contribution in [0.2, 0.25) is 0 Å². The van der Waals surface area contributed by atoms with Crippen LogP contribution in [0, 0.1) is 0 Å². The van der Waals surface area contributed by atoms with Crippen molar-refractivity contribution in [1.29, 1.82) is 0 Å². The summed E-state index contributed by atoms with van der Waals surface area (Å²) in [7, 11) is 3.83. The average molecular weight is 239 g/mol. The fourth-order valence-electron chi connectivity index (χ4n) is 1.51. The number of carbonyl (C=O) groups excluding carboxylic acids is 1. The van der Waals surface area contributed by atoms with Crippen LogP contribution >= 0.6 is 0 Å². The second-order valence-electron chi connectivity index (χ2n) is 4.18. The van der Waals surface area contributed by atoms with Crippen LogP contribution in [0.3, 0.4) is 0 Å². The molecule has 0 aliphatic heterocycles. The Labute approximate surface area is 98.9 Å². The monoisotopic (exact) mass is 239 g/mol. The minimum absolute atomic E-state index is 0.0226. The summed E-state index contributed by atoms with van der Waals surface area (Å²) >= 11 is 0. The Bertz CT molecular complexity index is 513. The van der Waals surface area contributed by atoms with E-state index in [1.54, 1.807) is 0 Å². The highest BCUT2D eigenvalue weighted by molar-refractivity contribution is 5.93. The molecule has 0 unspecified atom stereocenters. The third-order valence-electron chi connectivity index (χ3n) is 2.43. The first-order valence-corrected chi connectivity index (χ1v) is 5.41. The second-order valence-corrected chi connectivity index (χ2v) is 4.18. The number of nitrogens with one attached hydrogen (secondary N) is 1. The number of Topliss-reactive ketones (excluding diaryl/α,β-unsaturated/α-hetero) is 1. The van der Waals surface area contributed by atoms with Gasteiger partial charge >= 0.3 is 5.69 Å². The molecule has 1 aromatic rings. The standard InChI is InChI=1S/C11H17N3O3/c1-8(15)9-7-12-11(17)14(10(9)16)6-4-5-13(2)3/h7H,4-6H2,1-3H3,(H,12,17). The van der Waals surface area contributed by atoms with E-state index in [9.17, 15) is 14.4 Å². The highest BCUT2D eigenvalue weighted by atomic mass is 16.2. The zero-order valence-electron chi connectivity index (χ0n) is 10.3. The molecule has 0 saturated heterocycles. The van der Waals surface area contributed by atoms with Crippen LogP contribution < -0.4 is 11.2 Å². The maximum Gasteiger partial charge on any atom is 0.328 e. The predicted octanol–water partition coefficient (Wildman–Crippen LogP) is -0.309. The summed E-state index contributed by atoms with van der Waals surface area (Å²) in [4.78, 5) is 38.8. The maximum absolute atomic E-state index is 11.8. The Hall–Kier alpha value is -1.69. The van der Waals surface area contributed by atoms with Crippen LogP contribution in [0.4, 0.5) is 0 Å². The third-order valence-corrected chi connectivity index (χ3v) is 2.43. The molecule has 0 amide bonds. The van der Waals surface area contributed by atoms with Gasteiger partial charge in [-0.05, 0) is 34.0 Å². The number of hydrogen-bond acceptors (Lipinski definition) is 4. The molecule has 0 aliphatic rings. The average Bonchev–Trinajstić information content (AvgIpc) is 2.21. The Morgan fingerprint density at radius 3 is 2.59 bits per heavy atom. The van der Waals surface area contributed by atoms with E-state index >= 15 is 0 Å². The highest BCUT2D eigenvalue weighted by Gasteiger charge is 2.10. The summed E-state index contributed by atoms with van der Waals surface area (Å²) in [5.74, 6) is -0.340. The van der Waals surface area contributed by atoms with Crippen LogP contribution in [0.1, 0.15) is 23.7 Å². The predicted molar refractivity (Wildman–Crippen MR) is 64.5 cm³/mol. The first-order chi connectivity index (χ1) is 7.93. The normalized spacial score (nSPS) is 10.8. The van der Waals surface area contributed by atoms with Crippen molar-refractivity contribution >= 4 is 5.78 Å². The van der Waals surface area contributed by atoms with E-state index in [4.69, 9.17) is 0 Å². The molecule has 0 atom stereocenters. The number of rotatable bonds is 5. The van der Waals surface area contributed by atoms with Crippen LogP contribution in [0.25, 0.3) is 0 Å². The number of carbonyl (C=O) groups is 1. The summed E-state index contributed by atoms with van der Waals surface area (Å²) in [6, 6.07) is 0. The van der Waals surface area contributed by atoms with E-state index < -0.39 is 11.2 Å². The van der Waals surface area contributed by atoms with Gasteiger partial charge in [-0.15, -0.1) is 0 Å². The van der Waals surface area contributed by atoms with E-state index in [1.165, 1.54) is 13.1 Å². The van der Waals surface area contributed by atoms with Crippen molar-refractivity contribution in [2.24, 2.45) is 0 Å². The lowest BCUT2D eigenvalue weighted by atomic mass is 10.2. The van der Waals surface area contributed by atoms with Gasteiger partial charge in [-0.2, -0.15) is 0 Å². The number of nitrogens with zero attached hydrogens (tertiary/aromatic N) is 2. The van der Waals surface area contributed by atoms with Crippen molar-refractivity contribution < 1.29 is 4.79 Å². The Balaban J connectivity index is 2.99. The molecule has 94 valence electrons. The molecule has 0 bridgehead atoms. The molecule has 6 heteroatoms. The van der Waals surface area contributed by atoms with Crippen LogP contribution in [-0.2, 0) is 6.54 Å². The van der Waals surface area contributed by atoms with Crippen molar-refractivity contribution in [3.63, 3.8) is 0 Å². The van der Waals surface area contributed by atoms with E-state index in [0.717, 1.165) is 11.1 Å². The van der Waals surface area contributed by atoms with Gasteiger partial charge in [0.1, 0.15) is 0 Å². The van der Waals surface area contributed by atoms with Gasteiger partial charge in [-0.3, -0.25) is 14.2 Å². The van der Waals surface area contributed by atoms with E-state index in [1.807, 2.05) is 19.0 Å². The molecule has 0 spiro atoms. The van der Waals surface area contributed by atoms with E-state index in [0.29, 0.717) is 13.0 Å². The van der Waals surface area contributed by atoms with Crippen molar-refractivity contribution in [2.45, 2.75) is 19.9 Å². The van der Waals surface area contributed by atoms with Crippen molar-refractivity contribution in [1.82, 2.24) is 14.5 Å². The molecule has 0 aliphatic carbocycles. The Kier molecular flexibility index (Phi) is 4.39. The summed E-state index contributed by atoms with van der Waals surface area (Å²) < 4.78 is 1.07. The molecule has 1 heterocycles. The Morgan fingerprint density at radius 1 is 1.41 bits per heavy atom. The molecular weight excluding hydrogens is 222 g/mol. The first-order valence-electron chi connectivity index (χ1n) is 5.41. The van der Waals surface area contributed by atoms with Crippen LogP contribution in [0.5, 0.6) is 0 Å². The minimum atomic E-state index is -0.514. The van der Waals surface area contributed by atoms with E-state index in [-0.39, 0.29) is 11.3 Å². The minimum Gasteiger partial charge on any atom is -0.313 e. The molecule has 1 aromatic heterocycles. The van der Waals surface area contributed by atoms with Crippen molar-refractivity contribution in [2.75, 3.05) is 20.6 Å². The van der Waals surface area contributed by atoms with Gasteiger partial charge in [0.05, 0.1) is 5.56 Å². The lowest BCUT2D eigenvalue weighted by Crippen LogP contribution is -2.38.